The van der Waals surface area contributed by atoms with Gasteiger partial charge in [-0.1, -0.05) is 30.0 Å². The molecule has 10 heteroatoms. The van der Waals surface area contributed by atoms with Crippen LogP contribution in [0.15, 0.2) is 64.2 Å². The average Bonchev–Trinajstić information content (AvgIpc) is 3.38. The standard InChI is InChI=1S/C22H21N3O5S2/c26-19(13-31-22-25-24-20(30-22)12-15-10-11-32(28,29)14-15)16-6-8-18(9-7-16)23-21(27)17-4-2-1-3-5-17/h1-9,15H,10-14H2,(H,23,27)/t15-/m1/s1. The largest absolute Gasteiger partial charge is 0.416 e. The Morgan fingerprint density at radius 1 is 1.03 bits per heavy atom. The van der Waals surface area contributed by atoms with Crippen molar-refractivity contribution in [2.45, 2.75) is 18.1 Å². The Kier molecular flexibility index (Phi) is 6.71. The molecule has 1 aromatic heterocycles. The molecule has 1 aliphatic heterocycles. The van der Waals surface area contributed by atoms with Crippen LogP contribution in [0.2, 0.25) is 0 Å². The summed E-state index contributed by atoms with van der Waals surface area (Å²) in [6, 6.07) is 15.5. The molecule has 0 aliphatic carbocycles. The molecule has 0 radical (unpaired) electrons. The predicted molar refractivity (Wildman–Crippen MR) is 121 cm³/mol. The molecule has 1 N–H and O–H groups in total. The minimum atomic E-state index is -2.95. The van der Waals surface area contributed by atoms with E-state index in [1.807, 2.05) is 6.07 Å². The molecule has 3 aromatic rings. The van der Waals surface area contributed by atoms with E-state index >= 15 is 0 Å². The maximum atomic E-state index is 12.5. The molecular formula is C22H21N3O5S2. The van der Waals surface area contributed by atoms with Crippen LogP contribution in [0.25, 0.3) is 0 Å². The van der Waals surface area contributed by atoms with Crippen molar-refractivity contribution in [3.8, 4) is 0 Å². The Morgan fingerprint density at radius 3 is 2.47 bits per heavy atom. The van der Waals surface area contributed by atoms with Gasteiger partial charge in [-0.3, -0.25) is 9.59 Å². The molecule has 8 nitrogen and oxygen atoms in total. The van der Waals surface area contributed by atoms with Crippen molar-refractivity contribution < 1.29 is 22.4 Å². The van der Waals surface area contributed by atoms with Crippen LogP contribution in [0.4, 0.5) is 5.69 Å². The van der Waals surface area contributed by atoms with Crippen molar-refractivity contribution in [3.05, 3.63) is 71.6 Å². The van der Waals surface area contributed by atoms with Crippen LogP contribution in [-0.4, -0.2) is 47.6 Å². The van der Waals surface area contributed by atoms with Gasteiger partial charge in [-0.05, 0) is 48.7 Å². The molecule has 0 bridgehead atoms. The maximum Gasteiger partial charge on any atom is 0.277 e. The summed E-state index contributed by atoms with van der Waals surface area (Å²) >= 11 is 1.14. The van der Waals surface area contributed by atoms with E-state index in [1.165, 1.54) is 0 Å². The first-order valence-corrected chi connectivity index (χ1v) is 12.8. The van der Waals surface area contributed by atoms with Gasteiger partial charge in [0.25, 0.3) is 11.1 Å². The van der Waals surface area contributed by atoms with Crippen LogP contribution >= 0.6 is 11.8 Å². The molecule has 2 heterocycles. The van der Waals surface area contributed by atoms with Crippen molar-refractivity contribution in [3.63, 3.8) is 0 Å². The summed E-state index contributed by atoms with van der Waals surface area (Å²) in [7, 11) is -2.95. The molecule has 0 unspecified atom stereocenters. The van der Waals surface area contributed by atoms with Gasteiger partial charge in [0.15, 0.2) is 15.6 Å². The molecule has 1 atom stereocenters. The predicted octanol–water partition coefficient (Wildman–Crippen LogP) is 3.27. The third kappa shape index (κ3) is 5.83. The van der Waals surface area contributed by atoms with E-state index in [2.05, 4.69) is 15.5 Å². The van der Waals surface area contributed by atoms with Crippen LogP contribution < -0.4 is 5.32 Å². The highest BCUT2D eigenvalue weighted by molar-refractivity contribution is 7.99. The summed E-state index contributed by atoms with van der Waals surface area (Å²) in [6.45, 7) is 0. The molecule has 166 valence electrons. The Morgan fingerprint density at radius 2 is 1.78 bits per heavy atom. The second-order valence-corrected chi connectivity index (χ2v) is 10.7. The lowest BCUT2D eigenvalue weighted by Gasteiger charge is -2.06. The quantitative estimate of drug-likeness (QED) is 0.393. The van der Waals surface area contributed by atoms with Gasteiger partial charge in [0.1, 0.15) is 0 Å². The summed E-state index contributed by atoms with van der Waals surface area (Å²) in [5.74, 6) is 0.533. The van der Waals surface area contributed by atoms with Gasteiger partial charge in [-0.2, -0.15) is 0 Å². The Bertz CT molecular complexity index is 1210. The number of anilines is 1. The maximum absolute atomic E-state index is 12.5. The summed E-state index contributed by atoms with van der Waals surface area (Å²) in [6.07, 6.45) is 1.03. The fourth-order valence-electron chi connectivity index (χ4n) is 3.40. The Balaban J connectivity index is 1.27. The number of nitrogens with one attached hydrogen (secondary N) is 1. The molecule has 1 aliphatic rings. The van der Waals surface area contributed by atoms with E-state index in [0.29, 0.717) is 35.5 Å². The minimum Gasteiger partial charge on any atom is -0.416 e. The number of carbonyl (C=O) groups excluding carboxylic acids is 2. The summed E-state index contributed by atoms with van der Waals surface area (Å²) in [5, 5.41) is 11.0. The highest BCUT2D eigenvalue weighted by Gasteiger charge is 2.29. The third-order valence-electron chi connectivity index (χ3n) is 5.07. The lowest BCUT2D eigenvalue weighted by molar-refractivity contribution is 0.101. The van der Waals surface area contributed by atoms with Crippen molar-refractivity contribution in [1.82, 2.24) is 10.2 Å². The zero-order chi connectivity index (χ0) is 22.6. The first-order valence-electron chi connectivity index (χ1n) is 10.0. The van der Waals surface area contributed by atoms with Gasteiger partial charge < -0.3 is 9.73 Å². The molecule has 1 saturated heterocycles. The van der Waals surface area contributed by atoms with Crippen molar-refractivity contribution in [2.24, 2.45) is 5.92 Å². The highest BCUT2D eigenvalue weighted by atomic mass is 32.2. The van der Waals surface area contributed by atoms with Crippen molar-refractivity contribution >= 4 is 39.0 Å². The highest BCUT2D eigenvalue weighted by Crippen LogP contribution is 2.24. The van der Waals surface area contributed by atoms with Gasteiger partial charge in [-0.25, -0.2) is 8.42 Å². The molecule has 1 amide bonds. The van der Waals surface area contributed by atoms with E-state index in [1.54, 1.807) is 48.5 Å². The zero-order valence-electron chi connectivity index (χ0n) is 17.1. The van der Waals surface area contributed by atoms with Crippen LogP contribution in [0.5, 0.6) is 0 Å². The SMILES string of the molecule is O=C(CSc1nnc(C[C@H]2CCS(=O)(=O)C2)o1)c1ccc(NC(=O)c2ccccc2)cc1. The second-order valence-electron chi connectivity index (χ2n) is 7.54. The number of nitrogens with zero attached hydrogens (tertiary/aromatic N) is 2. The number of hydrogen-bond donors (Lipinski definition) is 1. The first-order chi connectivity index (χ1) is 15.4. The number of benzene rings is 2. The molecule has 0 spiro atoms. The van der Waals surface area contributed by atoms with Crippen LogP contribution in [-0.2, 0) is 16.3 Å². The van der Waals surface area contributed by atoms with Gasteiger partial charge in [0.2, 0.25) is 5.89 Å². The third-order valence-corrected chi connectivity index (χ3v) is 7.72. The lowest BCUT2D eigenvalue weighted by Crippen LogP contribution is -2.11. The van der Waals surface area contributed by atoms with E-state index < -0.39 is 9.84 Å². The number of aromatic nitrogens is 2. The fourth-order valence-corrected chi connectivity index (χ4v) is 5.94. The lowest BCUT2D eigenvalue weighted by atomic mass is 10.1. The first kappa shape index (κ1) is 22.2. The normalized spacial score (nSPS) is 17.2. The van der Waals surface area contributed by atoms with Crippen molar-refractivity contribution in [2.75, 3.05) is 22.6 Å². The molecule has 4 rings (SSSR count). The number of rotatable bonds is 8. The molecule has 32 heavy (non-hydrogen) atoms. The van der Waals surface area contributed by atoms with E-state index in [-0.39, 0.29) is 40.1 Å². The second kappa shape index (κ2) is 9.66. The number of thioether (sulfide) groups is 1. The van der Waals surface area contributed by atoms with Crippen LogP contribution in [0.1, 0.15) is 33.0 Å². The Hall–Kier alpha value is -2.98. The zero-order valence-corrected chi connectivity index (χ0v) is 18.7. The van der Waals surface area contributed by atoms with Gasteiger partial charge >= 0.3 is 0 Å². The van der Waals surface area contributed by atoms with Gasteiger partial charge in [0.05, 0.1) is 17.3 Å². The number of carbonyl (C=O) groups is 2. The fraction of sp³-hybridized carbons (Fsp3) is 0.273. The van der Waals surface area contributed by atoms with E-state index in [0.717, 1.165) is 11.8 Å². The van der Waals surface area contributed by atoms with Crippen molar-refractivity contribution in [1.29, 1.82) is 0 Å². The summed E-state index contributed by atoms with van der Waals surface area (Å²) in [5.41, 5.74) is 1.65. The number of sulfone groups is 1. The number of hydrogen-bond acceptors (Lipinski definition) is 8. The number of Topliss-reactive ketones (excluding diaryl/α,β-unsaturated/α-hetero) is 1. The van der Waals surface area contributed by atoms with E-state index in [4.69, 9.17) is 4.42 Å². The minimum absolute atomic E-state index is 0.000767. The van der Waals surface area contributed by atoms with Gasteiger partial charge in [0, 0.05) is 23.2 Å². The number of amides is 1. The van der Waals surface area contributed by atoms with Crippen LogP contribution in [0, 0.1) is 5.92 Å². The average molecular weight is 472 g/mol. The number of ketones is 1. The Labute approximate surface area is 189 Å². The topological polar surface area (TPSA) is 119 Å². The molecule has 2 aromatic carbocycles. The molecule has 0 saturated carbocycles. The molecule has 1 fully saturated rings. The van der Waals surface area contributed by atoms with E-state index in [9.17, 15) is 18.0 Å². The monoisotopic (exact) mass is 471 g/mol. The summed E-state index contributed by atoms with van der Waals surface area (Å²) in [4.78, 5) is 24.7. The smallest absolute Gasteiger partial charge is 0.277 e. The molecular weight excluding hydrogens is 450 g/mol. The van der Waals surface area contributed by atoms with Gasteiger partial charge in [-0.15, -0.1) is 10.2 Å². The summed E-state index contributed by atoms with van der Waals surface area (Å²) < 4.78 is 28.7. The van der Waals surface area contributed by atoms with Crippen LogP contribution in [0.3, 0.4) is 0 Å².